The van der Waals surface area contributed by atoms with Gasteiger partial charge in [0.15, 0.2) is 0 Å². The molecule has 0 saturated carbocycles. The predicted octanol–water partition coefficient (Wildman–Crippen LogP) is 5.60. The van der Waals surface area contributed by atoms with E-state index in [0.717, 1.165) is 36.3 Å². The minimum absolute atomic E-state index is 0.0536. The van der Waals surface area contributed by atoms with Gasteiger partial charge in [0.05, 0.1) is 5.69 Å². The number of anilines is 1. The van der Waals surface area contributed by atoms with Crippen molar-refractivity contribution in [3.63, 3.8) is 0 Å². The number of carbonyl (C=O) groups is 2. The van der Waals surface area contributed by atoms with E-state index in [9.17, 15) is 9.59 Å². The van der Waals surface area contributed by atoms with Crippen molar-refractivity contribution in [2.45, 2.75) is 33.4 Å². The van der Waals surface area contributed by atoms with E-state index in [4.69, 9.17) is 16.0 Å². The molecule has 206 valence electrons. The van der Waals surface area contributed by atoms with Crippen molar-refractivity contribution in [3.8, 4) is 11.5 Å². The van der Waals surface area contributed by atoms with E-state index in [1.807, 2.05) is 53.4 Å². The van der Waals surface area contributed by atoms with E-state index in [2.05, 4.69) is 27.2 Å². The molecule has 1 aromatic heterocycles. The van der Waals surface area contributed by atoms with Gasteiger partial charge < -0.3 is 14.2 Å². The van der Waals surface area contributed by atoms with Crippen LogP contribution in [0.1, 0.15) is 40.7 Å². The predicted molar refractivity (Wildman–Crippen MR) is 155 cm³/mol. The molecule has 40 heavy (non-hydrogen) atoms. The molecule has 4 aromatic rings. The SMILES string of the molecule is CC(=O)N1CCCN(Cc2ccccc2)CCN(C(=O)c2ccc(-c3nnc(C)o3)cc2)Cc2ccc(Cl)cc21. The second-order valence-corrected chi connectivity index (χ2v) is 10.4. The Balaban J connectivity index is 1.46. The number of rotatable bonds is 4. The number of fused-ring (bicyclic) bond motifs is 1. The van der Waals surface area contributed by atoms with Crippen LogP contribution in [0.3, 0.4) is 0 Å². The molecular formula is C31H32ClN5O3. The third kappa shape index (κ3) is 6.58. The highest BCUT2D eigenvalue weighted by molar-refractivity contribution is 6.31. The summed E-state index contributed by atoms with van der Waals surface area (Å²) in [7, 11) is 0. The number of aromatic nitrogens is 2. The van der Waals surface area contributed by atoms with Gasteiger partial charge in [0.25, 0.3) is 5.91 Å². The third-order valence-electron chi connectivity index (χ3n) is 7.06. The van der Waals surface area contributed by atoms with E-state index in [1.54, 1.807) is 30.9 Å². The van der Waals surface area contributed by atoms with Crippen LogP contribution in [0.2, 0.25) is 5.02 Å². The van der Waals surface area contributed by atoms with E-state index in [1.165, 1.54) is 5.56 Å². The largest absolute Gasteiger partial charge is 0.421 e. The third-order valence-corrected chi connectivity index (χ3v) is 7.30. The second kappa shape index (κ2) is 12.4. The molecule has 8 nitrogen and oxygen atoms in total. The zero-order valence-electron chi connectivity index (χ0n) is 22.7. The normalized spacial score (nSPS) is 14.9. The van der Waals surface area contributed by atoms with Gasteiger partial charge in [0.2, 0.25) is 17.7 Å². The molecule has 0 aliphatic carbocycles. The average Bonchev–Trinajstić information content (AvgIpc) is 3.38. The highest BCUT2D eigenvalue weighted by Crippen LogP contribution is 2.28. The highest BCUT2D eigenvalue weighted by atomic mass is 35.5. The molecule has 0 radical (unpaired) electrons. The minimum atomic E-state index is -0.0950. The fourth-order valence-electron chi connectivity index (χ4n) is 5.00. The van der Waals surface area contributed by atoms with Crippen LogP contribution >= 0.6 is 11.6 Å². The Labute approximate surface area is 239 Å². The summed E-state index contributed by atoms with van der Waals surface area (Å²) in [4.78, 5) is 32.6. The van der Waals surface area contributed by atoms with Crippen LogP contribution in [0.15, 0.2) is 77.2 Å². The van der Waals surface area contributed by atoms with Crippen LogP contribution in [0.25, 0.3) is 11.5 Å². The Morgan fingerprint density at radius 2 is 1.70 bits per heavy atom. The molecule has 0 fully saturated rings. The zero-order chi connectivity index (χ0) is 28.1. The Morgan fingerprint density at radius 1 is 0.925 bits per heavy atom. The summed E-state index contributed by atoms with van der Waals surface area (Å²) in [5.74, 6) is 0.750. The maximum atomic E-state index is 13.9. The van der Waals surface area contributed by atoms with Crippen LogP contribution < -0.4 is 4.90 Å². The Hall–Kier alpha value is -4.01. The van der Waals surface area contributed by atoms with Gasteiger partial charge in [0, 0.05) is 69.3 Å². The lowest BCUT2D eigenvalue weighted by Crippen LogP contribution is -2.38. The first-order chi connectivity index (χ1) is 19.4. The van der Waals surface area contributed by atoms with Gasteiger partial charge in [-0.15, -0.1) is 10.2 Å². The molecule has 9 heteroatoms. The standard InChI is InChI=1S/C31H32ClN5O3/c1-22-33-34-30(40-22)25-9-11-26(12-10-25)31(39)36-18-17-35(20-24-7-4-3-5-8-24)15-6-16-37(23(2)38)29-19-28(32)14-13-27(29)21-36/h3-5,7-14,19H,6,15-18,20-21H2,1-2H3. The number of benzene rings is 3. The summed E-state index contributed by atoms with van der Waals surface area (Å²) < 4.78 is 5.53. The van der Waals surface area contributed by atoms with Crippen LogP contribution in [-0.2, 0) is 17.9 Å². The summed E-state index contributed by atoms with van der Waals surface area (Å²) >= 11 is 6.38. The molecule has 0 saturated heterocycles. The van der Waals surface area contributed by atoms with E-state index in [-0.39, 0.29) is 11.8 Å². The fraction of sp³-hybridized carbons (Fsp3) is 0.290. The molecule has 3 aromatic carbocycles. The number of carbonyl (C=O) groups excluding carboxylic acids is 2. The molecule has 0 atom stereocenters. The molecule has 2 amide bonds. The van der Waals surface area contributed by atoms with Gasteiger partial charge in [-0.25, -0.2) is 0 Å². The molecular weight excluding hydrogens is 526 g/mol. The van der Waals surface area contributed by atoms with Crippen LogP contribution in [0, 0.1) is 6.92 Å². The smallest absolute Gasteiger partial charge is 0.254 e. The number of aryl methyl sites for hydroxylation is 1. The van der Waals surface area contributed by atoms with Crippen molar-refractivity contribution in [1.82, 2.24) is 20.0 Å². The van der Waals surface area contributed by atoms with Gasteiger partial charge in [-0.2, -0.15) is 0 Å². The minimum Gasteiger partial charge on any atom is -0.421 e. The van der Waals surface area contributed by atoms with Crippen molar-refractivity contribution in [3.05, 3.63) is 100 Å². The number of amides is 2. The maximum absolute atomic E-state index is 13.9. The summed E-state index contributed by atoms with van der Waals surface area (Å²) in [5.41, 5.74) is 4.14. The molecule has 0 unspecified atom stereocenters. The molecule has 2 heterocycles. The first-order valence-corrected chi connectivity index (χ1v) is 13.8. The lowest BCUT2D eigenvalue weighted by Gasteiger charge is -2.28. The van der Waals surface area contributed by atoms with E-state index >= 15 is 0 Å². The summed E-state index contributed by atoms with van der Waals surface area (Å²) in [6.45, 7) is 7.00. The Bertz CT molecular complexity index is 1470. The monoisotopic (exact) mass is 557 g/mol. The lowest BCUT2D eigenvalue weighted by atomic mass is 10.1. The van der Waals surface area contributed by atoms with Crippen LogP contribution in [0.4, 0.5) is 5.69 Å². The molecule has 5 rings (SSSR count). The van der Waals surface area contributed by atoms with Crippen molar-refractivity contribution >= 4 is 29.1 Å². The van der Waals surface area contributed by atoms with Crippen molar-refractivity contribution in [2.75, 3.05) is 31.1 Å². The maximum Gasteiger partial charge on any atom is 0.254 e. The van der Waals surface area contributed by atoms with Crippen molar-refractivity contribution < 1.29 is 14.0 Å². The van der Waals surface area contributed by atoms with E-state index < -0.39 is 0 Å². The zero-order valence-corrected chi connectivity index (χ0v) is 23.5. The number of hydrogen-bond acceptors (Lipinski definition) is 6. The van der Waals surface area contributed by atoms with Crippen LogP contribution in [-0.4, -0.2) is 58.0 Å². The van der Waals surface area contributed by atoms with Gasteiger partial charge in [0.1, 0.15) is 0 Å². The van der Waals surface area contributed by atoms with Gasteiger partial charge in [-0.05, 0) is 53.9 Å². The Morgan fingerprint density at radius 3 is 2.40 bits per heavy atom. The van der Waals surface area contributed by atoms with Crippen LogP contribution in [0.5, 0.6) is 0 Å². The molecule has 1 aliphatic rings. The average molecular weight is 558 g/mol. The highest BCUT2D eigenvalue weighted by Gasteiger charge is 2.24. The van der Waals surface area contributed by atoms with Gasteiger partial charge in [-0.1, -0.05) is 48.0 Å². The topological polar surface area (TPSA) is 82.8 Å². The first kappa shape index (κ1) is 27.6. The van der Waals surface area contributed by atoms with Gasteiger partial charge in [-0.3, -0.25) is 14.5 Å². The quantitative estimate of drug-likeness (QED) is 0.325. The fourth-order valence-corrected chi connectivity index (χ4v) is 5.17. The Kier molecular flexibility index (Phi) is 8.57. The van der Waals surface area contributed by atoms with Gasteiger partial charge >= 0.3 is 0 Å². The number of halogens is 1. The molecule has 0 N–H and O–H groups in total. The lowest BCUT2D eigenvalue weighted by molar-refractivity contribution is -0.116. The van der Waals surface area contributed by atoms with E-state index in [0.29, 0.717) is 48.5 Å². The molecule has 0 bridgehead atoms. The van der Waals surface area contributed by atoms with Crippen molar-refractivity contribution in [1.29, 1.82) is 0 Å². The second-order valence-electron chi connectivity index (χ2n) is 9.99. The van der Waals surface area contributed by atoms with Crippen molar-refractivity contribution in [2.24, 2.45) is 0 Å². The molecule has 0 spiro atoms. The first-order valence-electron chi connectivity index (χ1n) is 13.4. The summed E-state index contributed by atoms with van der Waals surface area (Å²) in [6, 6.07) is 23.1. The number of hydrogen-bond donors (Lipinski definition) is 0. The molecule has 1 aliphatic heterocycles. The number of nitrogens with zero attached hydrogens (tertiary/aromatic N) is 5. The summed E-state index contributed by atoms with van der Waals surface area (Å²) in [6.07, 6.45) is 0.795. The summed E-state index contributed by atoms with van der Waals surface area (Å²) in [5, 5.41) is 8.50.